The molecule has 75 heavy (non-hydrogen) atoms. The Bertz CT molecular complexity index is 4500. The van der Waals surface area contributed by atoms with E-state index in [0.29, 0.717) is 17.5 Å². The number of para-hydroxylation sites is 2. The first-order chi connectivity index (χ1) is 37.2. The number of fused-ring (bicyclic) bond motifs is 11. The fourth-order valence-electron chi connectivity index (χ4n) is 11.1. The quantitative estimate of drug-likeness (QED) is 0.152. The van der Waals surface area contributed by atoms with Gasteiger partial charge in [0.1, 0.15) is 11.2 Å². The van der Waals surface area contributed by atoms with Crippen LogP contribution in [0.25, 0.3) is 150 Å². The molecule has 0 atom stereocenters. The van der Waals surface area contributed by atoms with Crippen molar-refractivity contribution < 1.29 is 8.83 Å². The van der Waals surface area contributed by atoms with Crippen LogP contribution in [-0.4, -0.2) is 19.5 Å². The van der Waals surface area contributed by atoms with Crippen molar-refractivity contribution in [3.8, 4) is 84.4 Å². The molecular formula is C69H42N4O2. The number of nitrogens with zero attached hydrogens (tertiary/aromatic N) is 4. The first-order valence-electron chi connectivity index (χ1n) is 25.2. The summed E-state index contributed by atoms with van der Waals surface area (Å²) in [4.78, 5) is 15.7. The molecule has 0 saturated heterocycles. The van der Waals surface area contributed by atoms with Crippen molar-refractivity contribution in [3.05, 3.63) is 255 Å². The molecule has 0 N–H and O–H groups in total. The largest absolute Gasteiger partial charge is 0.452 e. The second-order valence-electron chi connectivity index (χ2n) is 19.1. The molecule has 0 unspecified atom stereocenters. The number of aromatic nitrogens is 4. The molecule has 0 aliphatic heterocycles. The summed E-state index contributed by atoms with van der Waals surface area (Å²) in [6, 6.07) is 89.5. The van der Waals surface area contributed by atoms with Gasteiger partial charge in [-0.3, -0.25) is 0 Å². The molecule has 15 rings (SSSR count). The van der Waals surface area contributed by atoms with Crippen LogP contribution in [0.3, 0.4) is 0 Å². The number of rotatable bonds is 8. The van der Waals surface area contributed by atoms with Crippen molar-refractivity contribution in [1.29, 1.82) is 0 Å². The number of benzene rings is 11. The van der Waals surface area contributed by atoms with Gasteiger partial charge in [0.2, 0.25) is 0 Å². The maximum Gasteiger partial charge on any atom is 0.178 e. The van der Waals surface area contributed by atoms with E-state index in [0.717, 1.165) is 133 Å². The Labute approximate surface area is 431 Å². The van der Waals surface area contributed by atoms with Crippen molar-refractivity contribution in [2.75, 3.05) is 0 Å². The fraction of sp³-hybridized carbons (Fsp3) is 0. The van der Waals surface area contributed by atoms with E-state index in [-0.39, 0.29) is 0 Å². The van der Waals surface area contributed by atoms with E-state index in [1.165, 1.54) is 0 Å². The lowest BCUT2D eigenvalue weighted by molar-refractivity contribution is 0.635. The second kappa shape index (κ2) is 17.3. The van der Waals surface area contributed by atoms with Gasteiger partial charge in [0, 0.05) is 54.7 Å². The molecular weight excluding hydrogens is 917 g/mol. The van der Waals surface area contributed by atoms with E-state index in [1.807, 2.05) is 48.5 Å². The maximum atomic E-state index is 7.15. The molecule has 0 spiro atoms. The zero-order valence-corrected chi connectivity index (χ0v) is 40.4. The summed E-state index contributed by atoms with van der Waals surface area (Å²) in [5, 5.41) is 6.26. The summed E-state index contributed by atoms with van der Waals surface area (Å²) in [7, 11) is 0. The average molecular weight is 959 g/mol. The molecule has 0 amide bonds. The Morgan fingerprint density at radius 2 is 0.667 bits per heavy atom. The topological polar surface area (TPSA) is 69.9 Å². The van der Waals surface area contributed by atoms with Gasteiger partial charge in [-0.25, -0.2) is 15.0 Å². The first kappa shape index (κ1) is 42.5. The third-order valence-corrected chi connectivity index (χ3v) is 14.7. The summed E-state index contributed by atoms with van der Waals surface area (Å²) >= 11 is 0. The molecule has 0 bridgehead atoms. The number of furan rings is 2. The summed E-state index contributed by atoms with van der Waals surface area (Å²) in [6.07, 6.45) is 0. The zero-order valence-electron chi connectivity index (χ0n) is 40.4. The molecule has 4 heterocycles. The lowest BCUT2D eigenvalue weighted by atomic mass is 9.91. The third kappa shape index (κ3) is 7.07. The molecule has 15 aromatic rings. The third-order valence-electron chi connectivity index (χ3n) is 14.7. The fourth-order valence-corrected chi connectivity index (χ4v) is 11.1. The Morgan fingerprint density at radius 3 is 1.23 bits per heavy atom. The average Bonchev–Trinajstić information content (AvgIpc) is 4.19. The summed E-state index contributed by atoms with van der Waals surface area (Å²) < 4.78 is 16.2. The van der Waals surface area contributed by atoms with Gasteiger partial charge in [-0.05, 0) is 81.9 Å². The number of hydrogen-bond donors (Lipinski definition) is 0. The van der Waals surface area contributed by atoms with Gasteiger partial charge < -0.3 is 13.4 Å². The SMILES string of the molecule is c1ccc(-c2ccc(-c3cc(-c4nc(-c5ccccc5)nc(-c5ccccc5)n4)cc(-c4ccc(-c5ccccc5)cc4)c3-n3c4ccccc4c4c5oc6c(ccc7c8ccccc8oc76)c5ccc43)cc2)cc1. The van der Waals surface area contributed by atoms with Crippen LogP contribution in [0.5, 0.6) is 0 Å². The predicted molar refractivity (Wildman–Crippen MR) is 307 cm³/mol. The summed E-state index contributed by atoms with van der Waals surface area (Å²) in [6.45, 7) is 0. The van der Waals surface area contributed by atoms with Gasteiger partial charge in [-0.15, -0.1) is 0 Å². The molecule has 11 aromatic carbocycles. The van der Waals surface area contributed by atoms with E-state index in [2.05, 4.69) is 211 Å². The van der Waals surface area contributed by atoms with Crippen LogP contribution in [0.15, 0.2) is 264 Å². The van der Waals surface area contributed by atoms with Crippen LogP contribution in [0, 0.1) is 0 Å². The lowest BCUT2D eigenvalue weighted by Crippen LogP contribution is -2.04. The van der Waals surface area contributed by atoms with Gasteiger partial charge in [-0.1, -0.05) is 206 Å². The molecule has 6 nitrogen and oxygen atoms in total. The Kier molecular flexibility index (Phi) is 9.78. The van der Waals surface area contributed by atoms with Crippen LogP contribution in [0.1, 0.15) is 0 Å². The molecule has 4 aromatic heterocycles. The van der Waals surface area contributed by atoms with Gasteiger partial charge in [0.25, 0.3) is 0 Å². The second-order valence-corrected chi connectivity index (χ2v) is 19.1. The molecule has 0 radical (unpaired) electrons. The molecule has 0 fully saturated rings. The molecule has 0 aliphatic carbocycles. The highest BCUT2D eigenvalue weighted by atomic mass is 16.4. The van der Waals surface area contributed by atoms with E-state index in [4.69, 9.17) is 23.8 Å². The number of hydrogen-bond acceptors (Lipinski definition) is 5. The molecule has 0 aliphatic rings. The minimum absolute atomic E-state index is 0.571. The lowest BCUT2D eigenvalue weighted by Gasteiger charge is -2.21. The van der Waals surface area contributed by atoms with Crippen molar-refractivity contribution in [2.45, 2.75) is 0 Å². The minimum atomic E-state index is 0.571. The maximum absolute atomic E-state index is 7.15. The minimum Gasteiger partial charge on any atom is -0.452 e. The standard InChI is InChI=1S/C69H42N4O2/c1-5-17-43(18-6-1)45-29-33-47(34-30-45)57-41-51(69-71-67(49-21-9-3-10-22-49)70-68(72-69)50-23-11-4-12-24-50)42-58(48-35-31-46(32-36-48)44-19-7-2-8-20-44)63(57)73-59-27-15-13-26-56(59)62-60(73)40-39-54-55-38-37-53-52-25-14-16-28-61(52)74-65(53)66(55)75-64(54)62/h1-42H. The van der Waals surface area contributed by atoms with Crippen LogP contribution < -0.4 is 0 Å². The van der Waals surface area contributed by atoms with E-state index in [1.54, 1.807) is 0 Å². The van der Waals surface area contributed by atoms with Crippen LogP contribution >= 0.6 is 0 Å². The Morgan fingerprint density at radius 1 is 0.267 bits per heavy atom. The van der Waals surface area contributed by atoms with E-state index >= 15 is 0 Å². The first-order valence-corrected chi connectivity index (χ1v) is 25.2. The van der Waals surface area contributed by atoms with Crippen LogP contribution in [-0.2, 0) is 0 Å². The van der Waals surface area contributed by atoms with Crippen LogP contribution in [0.4, 0.5) is 0 Å². The molecule has 350 valence electrons. The Hall–Kier alpha value is -10.2. The van der Waals surface area contributed by atoms with Crippen molar-refractivity contribution in [2.24, 2.45) is 0 Å². The van der Waals surface area contributed by atoms with Crippen molar-refractivity contribution >= 4 is 65.7 Å². The highest BCUT2D eigenvalue weighted by molar-refractivity contribution is 6.27. The zero-order chi connectivity index (χ0) is 49.4. The van der Waals surface area contributed by atoms with Gasteiger partial charge in [0.15, 0.2) is 28.6 Å². The monoisotopic (exact) mass is 958 g/mol. The summed E-state index contributed by atoms with van der Waals surface area (Å²) in [5.41, 5.74) is 17.6. The predicted octanol–water partition coefficient (Wildman–Crippen LogP) is 18.4. The van der Waals surface area contributed by atoms with Gasteiger partial charge in [0.05, 0.1) is 22.1 Å². The van der Waals surface area contributed by atoms with Crippen molar-refractivity contribution in [1.82, 2.24) is 19.5 Å². The van der Waals surface area contributed by atoms with E-state index in [9.17, 15) is 0 Å². The summed E-state index contributed by atoms with van der Waals surface area (Å²) in [5.74, 6) is 1.77. The Balaban J connectivity index is 1.05. The smallest absolute Gasteiger partial charge is 0.178 e. The normalized spacial score (nSPS) is 11.7. The van der Waals surface area contributed by atoms with Gasteiger partial charge in [-0.2, -0.15) is 0 Å². The van der Waals surface area contributed by atoms with Gasteiger partial charge >= 0.3 is 0 Å². The highest BCUT2D eigenvalue weighted by Gasteiger charge is 2.26. The van der Waals surface area contributed by atoms with E-state index < -0.39 is 0 Å². The van der Waals surface area contributed by atoms with Crippen LogP contribution in [0.2, 0.25) is 0 Å². The molecule has 0 saturated carbocycles. The molecule has 6 heteroatoms. The highest BCUT2D eigenvalue weighted by Crippen LogP contribution is 2.48. The van der Waals surface area contributed by atoms with Crippen molar-refractivity contribution in [3.63, 3.8) is 0 Å².